The van der Waals surface area contributed by atoms with Gasteiger partial charge in [0.15, 0.2) is 17.2 Å². The van der Waals surface area contributed by atoms with E-state index in [1.54, 1.807) is 29.9 Å². The van der Waals surface area contributed by atoms with Crippen LogP contribution in [-0.4, -0.2) is 66.9 Å². The van der Waals surface area contributed by atoms with Crippen molar-refractivity contribution in [2.24, 2.45) is 11.7 Å². The average molecular weight is 568 g/mol. The second kappa shape index (κ2) is 11.1. The fourth-order valence-corrected chi connectivity index (χ4v) is 4.65. The first-order chi connectivity index (χ1) is 19.1. The van der Waals surface area contributed by atoms with Crippen molar-refractivity contribution in [2.45, 2.75) is 31.7 Å². The van der Waals surface area contributed by atoms with Gasteiger partial charge in [0.1, 0.15) is 16.7 Å². The Hall–Kier alpha value is -4.23. The summed E-state index contributed by atoms with van der Waals surface area (Å²) in [6.45, 7) is 3.55. The summed E-state index contributed by atoms with van der Waals surface area (Å²) >= 11 is 5.43. The zero-order chi connectivity index (χ0) is 28.4. The zero-order valence-electron chi connectivity index (χ0n) is 21.8. The average Bonchev–Trinajstić information content (AvgIpc) is 3.33. The van der Waals surface area contributed by atoms with Gasteiger partial charge in [-0.05, 0) is 32.1 Å². The number of nitrogens with one attached hydrogen (secondary N) is 1. The number of hydrogen-bond acceptors (Lipinski definition) is 10. The number of hydrogen-bond donors (Lipinski definition) is 2. The maximum absolute atomic E-state index is 14.2. The van der Waals surface area contributed by atoms with E-state index in [-0.39, 0.29) is 27.7 Å². The lowest BCUT2D eigenvalue weighted by atomic mass is 9.98. The molecule has 1 aliphatic heterocycles. The van der Waals surface area contributed by atoms with Crippen molar-refractivity contribution in [3.63, 3.8) is 0 Å². The molecule has 0 unspecified atom stereocenters. The zero-order valence-corrected chi connectivity index (χ0v) is 22.6. The van der Waals surface area contributed by atoms with Crippen molar-refractivity contribution >= 4 is 40.6 Å². The molecule has 1 saturated heterocycles. The first-order valence-electron chi connectivity index (χ1n) is 12.5. The van der Waals surface area contributed by atoms with Crippen LogP contribution in [0.2, 0.25) is 5.15 Å². The third kappa shape index (κ3) is 6.00. The Labute approximate surface area is 233 Å². The number of nitrogens with zero attached hydrogens (tertiary/aromatic N) is 7. The number of methoxy groups -OCH3 is 1. The van der Waals surface area contributed by atoms with Crippen LogP contribution >= 0.6 is 11.6 Å². The molecule has 1 amide bonds. The first kappa shape index (κ1) is 27.3. The number of pyridine rings is 1. The molecule has 2 aliphatic rings. The third-order valence-electron chi connectivity index (χ3n) is 6.92. The maximum Gasteiger partial charge on any atom is 0.358 e. The molecule has 208 valence electrons. The number of aromatic nitrogens is 6. The third-order valence-corrected chi connectivity index (χ3v) is 7.12. The molecule has 40 heavy (non-hydrogen) atoms. The van der Waals surface area contributed by atoms with Crippen LogP contribution in [0.5, 0.6) is 0 Å². The van der Waals surface area contributed by atoms with Gasteiger partial charge in [-0.25, -0.2) is 34.1 Å². The summed E-state index contributed by atoms with van der Waals surface area (Å²) in [7, 11) is 1.28. The molecule has 0 radical (unpaired) electrons. The minimum absolute atomic E-state index is 0.00611. The van der Waals surface area contributed by atoms with Gasteiger partial charge in [0.25, 0.3) is 5.91 Å². The number of imidazole rings is 1. The minimum atomic E-state index is -0.519. The number of halogens is 2. The van der Waals surface area contributed by atoms with Crippen LogP contribution in [0.15, 0.2) is 43.2 Å². The van der Waals surface area contributed by atoms with Crippen molar-refractivity contribution in [3.8, 4) is 0 Å². The van der Waals surface area contributed by atoms with Crippen LogP contribution in [0.3, 0.4) is 0 Å². The van der Waals surface area contributed by atoms with Crippen LogP contribution in [0, 0.1) is 18.7 Å². The first-order valence-corrected chi connectivity index (χ1v) is 12.9. The second-order valence-corrected chi connectivity index (χ2v) is 10.2. The van der Waals surface area contributed by atoms with Crippen LogP contribution in [0.4, 0.5) is 15.9 Å². The molecule has 12 nitrogen and oxygen atoms in total. The summed E-state index contributed by atoms with van der Waals surface area (Å²) in [5, 5.41) is 2.91. The molecule has 6 rings (SSSR count). The monoisotopic (exact) mass is 567 g/mol. The number of carbonyl (C=O) groups is 2. The molecule has 1 aliphatic carbocycles. The quantitative estimate of drug-likeness (QED) is 0.344. The summed E-state index contributed by atoms with van der Waals surface area (Å²) < 4.78 is 20.1. The molecule has 0 aromatic carbocycles. The summed E-state index contributed by atoms with van der Waals surface area (Å²) in [4.78, 5) is 45.5. The van der Waals surface area contributed by atoms with Crippen molar-refractivity contribution in [1.29, 1.82) is 0 Å². The van der Waals surface area contributed by atoms with E-state index in [2.05, 4.69) is 39.9 Å². The summed E-state index contributed by atoms with van der Waals surface area (Å²) in [6, 6.07) is 1.24. The van der Waals surface area contributed by atoms with Gasteiger partial charge in [0.05, 0.1) is 43.3 Å². The molecule has 0 spiro atoms. The van der Waals surface area contributed by atoms with Gasteiger partial charge >= 0.3 is 5.97 Å². The highest BCUT2D eigenvalue weighted by molar-refractivity contribution is 6.29. The van der Waals surface area contributed by atoms with Crippen LogP contribution < -0.4 is 16.0 Å². The van der Waals surface area contributed by atoms with Gasteiger partial charge in [-0.2, -0.15) is 0 Å². The van der Waals surface area contributed by atoms with Crippen molar-refractivity contribution in [1.82, 2.24) is 29.3 Å². The summed E-state index contributed by atoms with van der Waals surface area (Å²) in [5.74, 6) is -0.236. The van der Waals surface area contributed by atoms with Crippen LogP contribution in [0.1, 0.15) is 45.9 Å². The lowest BCUT2D eigenvalue weighted by Gasteiger charge is -2.20. The Balaban J connectivity index is 0.000000248. The molecule has 14 heteroatoms. The largest absolute Gasteiger partial charge is 0.464 e. The number of rotatable bonds is 5. The molecule has 3 N–H and O–H groups in total. The minimum Gasteiger partial charge on any atom is -0.464 e. The number of aryl methyl sites for hydroxylation is 1. The lowest BCUT2D eigenvalue weighted by molar-refractivity contribution is 0.0593. The lowest BCUT2D eigenvalue weighted by Crippen LogP contribution is -2.34. The molecule has 1 saturated carbocycles. The standard InChI is InChI=1S/C20H22FN7O.C6H5ClN2O2/c1-12-9-28-11-14(6-15(21)18(28)25-12)26-19(29)16-7-24-17(8-23-16)27-5-2-13(10-27)20(22)3-4-20;1-11-6(10)4-2-9-5(7)3-8-4/h6-9,11,13H,2-5,10,22H2,1H3,(H,26,29);2-3H,1H3/t13-;/m1./s1. The van der Waals surface area contributed by atoms with Gasteiger partial charge in [0, 0.05) is 37.1 Å². The molecule has 5 heterocycles. The van der Waals surface area contributed by atoms with E-state index in [0.717, 1.165) is 38.2 Å². The Kier molecular flexibility index (Phi) is 7.59. The Morgan fingerprint density at radius 2 is 1.88 bits per heavy atom. The normalized spacial score (nSPS) is 17.2. The predicted octanol–water partition coefficient (Wildman–Crippen LogP) is 3.06. The molecule has 4 aromatic rings. The van der Waals surface area contributed by atoms with Crippen LogP contribution in [0.25, 0.3) is 5.65 Å². The Bertz CT molecular complexity index is 1540. The van der Waals surface area contributed by atoms with Gasteiger partial charge < -0.3 is 25.1 Å². The number of carbonyl (C=O) groups excluding carboxylic acids is 2. The molecule has 4 aromatic heterocycles. The fourth-order valence-electron chi connectivity index (χ4n) is 4.56. The highest BCUT2D eigenvalue weighted by Gasteiger charge is 2.48. The van der Waals surface area contributed by atoms with Gasteiger partial charge in [0.2, 0.25) is 0 Å². The van der Waals surface area contributed by atoms with Gasteiger partial charge in [-0.3, -0.25) is 4.79 Å². The highest BCUT2D eigenvalue weighted by Crippen LogP contribution is 2.44. The van der Waals surface area contributed by atoms with E-state index < -0.39 is 17.7 Å². The topological polar surface area (TPSA) is 154 Å². The van der Waals surface area contributed by atoms with Gasteiger partial charge in [-0.1, -0.05) is 11.6 Å². The van der Waals surface area contributed by atoms with E-state index in [4.69, 9.17) is 17.3 Å². The SMILES string of the molecule is COC(=O)c1cnc(Cl)cn1.Cc1cn2cc(NC(=O)c3cnc(N4CC[C@@H](C5(N)CC5)C4)cn3)cc(F)c2n1. The van der Waals surface area contributed by atoms with Crippen molar-refractivity contribution in [2.75, 3.05) is 30.4 Å². The predicted molar refractivity (Wildman–Crippen MR) is 145 cm³/mol. The number of fused-ring (bicyclic) bond motifs is 1. The fraction of sp³-hybridized carbons (Fsp3) is 0.346. The highest BCUT2D eigenvalue weighted by atomic mass is 35.5. The van der Waals surface area contributed by atoms with E-state index in [1.807, 2.05) is 0 Å². The number of anilines is 2. The molecular weight excluding hydrogens is 541 g/mol. The van der Waals surface area contributed by atoms with E-state index in [9.17, 15) is 14.0 Å². The smallest absolute Gasteiger partial charge is 0.358 e. The Morgan fingerprint density at radius 1 is 1.12 bits per heavy atom. The summed E-state index contributed by atoms with van der Waals surface area (Å²) in [5.41, 5.74) is 7.89. The van der Waals surface area contributed by atoms with Crippen molar-refractivity contribution < 1.29 is 18.7 Å². The number of esters is 1. The maximum atomic E-state index is 14.2. The number of amides is 1. The Morgan fingerprint density at radius 3 is 2.52 bits per heavy atom. The van der Waals surface area contributed by atoms with Gasteiger partial charge in [-0.15, -0.1) is 0 Å². The molecular formula is C26H27ClFN9O3. The molecule has 1 atom stereocenters. The molecule has 0 bridgehead atoms. The van der Waals surface area contributed by atoms with E-state index in [0.29, 0.717) is 17.3 Å². The van der Waals surface area contributed by atoms with E-state index in [1.165, 1.54) is 31.8 Å². The van der Waals surface area contributed by atoms with Crippen LogP contribution in [-0.2, 0) is 4.74 Å². The second-order valence-electron chi connectivity index (χ2n) is 9.78. The van der Waals surface area contributed by atoms with E-state index >= 15 is 0 Å². The molecule has 2 fully saturated rings. The number of ether oxygens (including phenoxy) is 1. The number of nitrogens with two attached hydrogens (primary N) is 1. The van der Waals surface area contributed by atoms with Crippen molar-refractivity contribution in [3.05, 3.63) is 71.3 Å². The summed E-state index contributed by atoms with van der Waals surface area (Å²) in [6.07, 6.45) is 12.2.